The van der Waals surface area contributed by atoms with Gasteiger partial charge in [-0.3, -0.25) is 22.9 Å². The van der Waals surface area contributed by atoms with Crippen molar-refractivity contribution in [2.75, 3.05) is 28.8 Å². The van der Waals surface area contributed by atoms with E-state index in [1.54, 1.807) is 66.5 Å². The third-order valence-electron chi connectivity index (χ3n) is 15.1. The summed E-state index contributed by atoms with van der Waals surface area (Å²) in [6.07, 6.45) is 17.1. The number of carboxylic acid groups (broad SMARTS) is 1. The number of fused-ring (bicyclic) bond motifs is 3. The number of rotatable bonds is 9. The number of thiophene rings is 1. The number of nitrogens with zero attached hydrogens (tertiary/aromatic N) is 11. The van der Waals surface area contributed by atoms with Gasteiger partial charge in [-0.1, -0.05) is 150 Å². The fourth-order valence-electron chi connectivity index (χ4n) is 10.2. The van der Waals surface area contributed by atoms with Crippen LogP contribution in [0, 0.1) is 74.2 Å². The number of carboxylic acids is 1. The van der Waals surface area contributed by atoms with Gasteiger partial charge in [0.25, 0.3) is 0 Å². The van der Waals surface area contributed by atoms with Gasteiger partial charge >= 0.3 is 20.1 Å². The Bertz CT molecular complexity index is 5650. The maximum absolute atomic E-state index is 13.2. The molecule has 24 heteroatoms. The van der Waals surface area contributed by atoms with Crippen molar-refractivity contribution in [3.8, 4) is 55.6 Å². The molecule has 113 heavy (non-hydrogen) atoms. The third-order valence-corrected chi connectivity index (χ3v) is 16.2. The smallest absolute Gasteiger partial charge is 0.574 e. The predicted molar refractivity (Wildman–Crippen MR) is 422 cm³/mol. The number of aromatic carboxylic acids is 1. The standard InChI is InChI=1S/C22H16N.C14H12N2.C13H8NS.C11H6F2N.C10H9FN2.C8H6N3.C6H4NO2.C5H8O2.5Ir/c1-16-14-22(23-15-21(16)18-8-3-2-4-9-18)20-13-7-11-17-10-5-6-12-19(17)20;1-15-11-16(12-7-3-2-4-8-12)14-10-6-5-9-13(14)15;1-2-7-12-10(5-1)9-13(15-12)11-6-3-4-8-14-11;12-8-4-5-9(10(13)7-8)11-3-1-2-6-14-11;1-12-6-7-13(8-12)10-4-2-9(11)3-5-10;1-2-5-9-7(3-1)8-4-6-10-11-8;8-6(9)5-2-1-3-7-4-5;1-4(6)3-5(2)7;;;;;/h2-12,14-15H,1H3;2-7,9-11H,1H3;1-8H;1-4,6-7H;2-4,6-8H,1H3;1-6H;1-3H,(H,8,9);3,6H,1-2H3;;;;;/q-1;-2;2*-1;-2;2*-1;;;;;;+3/i2D,3D,4D,8D,9D;;;;;;;;;;;;. The number of hydrogen-bond acceptors (Lipinski definition) is 14. The Kier molecular flexibility index (Phi) is 36.5. The number of carbonyl (C=O) groups excluding carboxylic acids is 1. The summed E-state index contributed by atoms with van der Waals surface area (Å²) >= 11 is 1.73. The molecule has 582 valence electrons. The monoisotopic (exact) mass is 2410 g/mol. The number of pyridine rings is 5. The van der Waals surface area contributed by atoms with E-state index < -0.39 is 23.6 Å². The molecule has 4 radical (unpaired) electrons. The number of aliphatic hydroxyl groups is 1. The fraction of sp³-hybridized carbons (Fsp3) is 0.0562. The van der Waals surface area contributed by atoms with Gasteiger partial charge in [-0.15, -0.1) is 107 Å². The van der Waals surface area contributed by atoms with E-state index in [0.29, 0.717) is 11.3 Å². The number of ketones is 1. The van der Waals surface area contributed by atoms with Crippen molar-refractivity contribution < 1.29 is 140 Å². The molecule has 0 saturated heterocycles. The van der Waals surface area contributed by atoms with Crippen LogP contribution in [0.15, 0.2) is 310 Å². The summed E-state index contributed by atoms with van der Waals surface area (Å²) in [5, 5.41) is 27.6. The van der Waals surface area contributed by atoms with Crippen LogP contribution in [-0.2, 0) is 105 Å². The minimum atomic E-state index is -0.997. The average molecular weight is 2410 g/mol. The maximum atomic E-state index is 13.2. The molecule has 0 atom stereocenters. The first-order valence-electron chi connectivity index (χ1n) is 35.6. The van der Waals surface area contributed by atoms with E-state index in [-0.39, 0.29) is 159 Å². The second-order valence-corrected chi connectivity index (χ2v) is 24.1. The van der Waals surface area contributed by atoms with Gasteiger partial charge in [-0.2, -0.15) is 49.7 Å². The molecule has 0 unspecified atom stereocenters. The van der Waals surface area contributed by atoms with Crippen LogP contribution in [0.2, 0.25) is 0 Å². The molecule has 0 spiro atoms. The molecular formula is C89H69F3Ir5N11O4S-6. The Morgan fingerprint density at radius 3 is 1.83 bits per heavy atom. The van der Waals surface area contributed by atoms with E-state index in [1.165, 1.54) is 65.8 Å². The van der Waals surface area contributed by atoms with Crippen LogP contribution in [0.1, 0.15) is 36.6 Å². The number of halogens is 3. The number of benzene rings is 8. The van der Waals surface area contributed by atoms with Gasteiger partial charge in [0.15, 0.2) is 5.78 Å². The van der Waals surface area contributed by atoms with Crippen molar-refractivity contribution in [2.24, 2.45) is 0 Å². The summed E-state index contributed by atoms with van der Waals surface area (Å²) in [4.78, 5) is 49.7. The molecule has 15 aromatic rings. The van der Waals surface area contributed by atoms with Gasteiger partial charge in [0, 0.05) is 163 Å². The summed E-state index contributed by atoms with van der Waals surface area (Å²) in [6.45, 7) is 8.67. The number of para-hydroxylation sites is 3. The van der Waals surface area contributed by atoms with Crippen molar-refractivity contribution in [3.63, 3.8) is 0 Å². The SMILES string of the molecule is CC(=O)C=C(C)O.CN1C=CN(c2[c-]cc(F)cc2)[CH-]1.CN1[CH-]N(c2[c-]cccc2)c2ccccc21.Fc1c[c-]c(-c2ccccn2)c(F)c1.O=C(O)c1[c-]nccc1.[2H]c1c([2H])c([2H])c(-c2cnc(-c3[c-]ccc4ccccc34)cc2C)c([2H])c1[2H].[Ir+3].[Ir].[Ir].[Ir].[Ir].[c-]1c(-c2ccccn2)sc2ccccc12.c1ccc(-c2ccn[n-]2)nc1. The molecule has 17 rings (SSSR count). The van der Waals surface area contributed by atoms with E-state index in [1.807, 2.05) is 158 Å². The number of aliphatic hydroxyl groups excluding tert-OH is 1. The normalized spacial score (nSPS) is 11.6. The molecule has 2 N–H and O–H groups in total. The Morgan fingerprint density at radius 1 is 0.593 bits per heavy atom. The van der Waals surface area contributed by atoms with E-state index in [9.17, 15) is 22.8 Å². The van der Waals surface area contributed by atoms with Crippen LogP contribution < -0.4 is 19.8 Å². The number of anilines is 4. The van der Waals surface area contributed by atoms with E-state index in [0.717, 1.165) is 73.1 Å². The van der Waals surface area contributed by atoms with E-state index in [4.69, 9.17) is 17.1 Å². The van der Waals surface area contributed by atoms with Crippen molar-refractivity contribution in [1.29, 1.82) is 0 Å². The Balaban J connectivity index is 0.000000247. The van der Waals surface area contributed by atoms with E-state index in [2.05, 4.69) is 144 Å². The first kappa shape index (κ1) is 85.0. The zero-order valence-corrected chi connectivity index (χ0v) is 73.3. The Hall–Kier alpha value is -10.4. The van der Waals surface area contributed by atoms with Gasteiger partial charge in [0.2, 0.25) is 5.97 Å². The molecule has 0 fully saturated rings. The van der Waals surface area contributed by atoms with Crippen LogP contribution in [0.4, 0.5) is 35.9 Å². The largest absolute Gasteiger partial charge is 3.00 e. The van der Waals surface area contributed by atoms with Crippen LogP contribution in [0.25, 0.3) is 76.5 Å². The number of hydrogen-bond donors (Lipinski definition) is 2. The molecule has 0 amide bonds. The second kappa shape index (κ2) is 48.5. The van der Waals surface area contributed by atoms with Crippen LogP contribution >= 0.6 is 11.3 Å². The number of allylic oxidation sites excluding steroid dienone is 2. The summed E-state index contributed by atoms with van der Waals surface area (Å²) in [5.41, 5.74) is 10.8. The van der Waals surface area contributed by atoms with Crippen molar-refractivity contribution >= 4 is 66.7 Å². The molecule has 0 aliphatic carbocycles. The van der Waals surface area contributed by atoms with Crippen molar-refractivity contribution in [2.45, 2.75) is 20.8 Å². The molecule has 0 bridgehead atoms. The Labute approximate surface area is 734 Å². The zero-order chi connectivity index (χ0) is 80.3. The van der Waals surface area contributed by atoms with Crippen LogP contribution in [-0.4, -0.2) is 71.0 Å². The molecular weight excluding hydrogens is 2340 g/mol. The van der Waals surface area contributed by atoms with Gasteiger partial charge in [0.1, 0.15) is 0 Å². The molecule has 7 aromatic heterocycles. The molecule has 8 aromatic carbocycles. The molecule has 15 nitrogen and oxygen atoms in total. The summed E-state index contributed by atoms with van der Waals surface area (Å²) in [7, 11) is 3.99. The second-order valence-electron chi connectivity index (χ2n) is 23.1. The minimum absolute atomic E-state index is 0. The maximum Gasteiger partial charge on any atom is 3.00 e. The molecule has 2 aliphatic heterocycles. The minimum Gasteiger partial charge on any atom is -0.574 e. The molecule has 0 saturated carbocycles. The summed E-state index contributed by atoms with van der Waals surface area (Å²) < 4.78 is 79.5. The van der Waals surface area contributed by atoms with Gasteiger partial charge < -0.3 is 64.7 Å². The summed E-state index contributed by atoms with van der Waals surface area (Å²) in [5.74, 6) is -2.61. The quantitative estimate of drug-likeness (QED) is 0.0791. The average Bonchev–Trinajstić information content (AvgIpc) is 1.12. The number of aryl methyl sites for hydroxylation is 1. The predicted octanol–water partition coefficient (Wildman–Crippen LogP) is 20.1. The Morgan fingerprint density at radius 2 is 1.26 bits per heavy atom. The van der Waals surface area contributed by atoms with Crippen LogP contribution in [0.3, 0.4) is 0 Å². The topological polar surface area (TPSA) is 179 Å². The first-order valence-corrected chi connectivity index (χ1v) is 33.9. The third kappa shape index (κ3) is 28.3. The van der Waals surface area contributed by atoms with Gasteiger partial charge in [-0.05, 0) is 128 Å². The summed E-state index contributed by atoms with van der Waals surface area (Å²) in [6, 6.07) is 80.0. The zero-order valence-electron chi connectivity index (χ0n) is 65.5. The first-order chi connectivity index (χ1) is 54.6. The number of aromatic nitrogens is 7. The van der Waals surface area contributed by atoms with Gasteiger partial charge in [0.05, 0.1) is 12.6 Å². The molecule has 9 heterocycles. The van der Waals surface area contributed by atoms with Crippen molar-refractivity contribution in [3.05, 3.63) is 388 Å². The van der Waals surface area contributed by atoms with Crippen molar-refractivity contribution in [1.82, 2.24) is 40.0 Å². The number of carbonyl (C=O) groups is 2. The van der Waals surface area contributed by atoms with Gasteiger partial charge in [-0.25, -0.2) is 11.3 Å². The fourth-order valence-corrected chi connectivity index (χ4v) is 11.1. The van der Waals surface area contributed by atoms with Crippen LogP contribution in [0.5, 0.6) is 0 Å². The molecule has 2 aliphatic rings. The van der Waals surface area contributed by atoms with E-state index >= 15 is 0 Å².